The predicted molar refractivity (Wildman–Crippen MR) is 21.4 cm³/mol. The van der Waals surface area contributed by atoms with Crippen LogP contribution >= 0.6 is 0 Å². The lowest BCUT2D eigenvalue weighted by atomic mass is 11.0. The summed E-state index contributed by atoms with van der Waals surface area (Å²) in [6, 6.07) is 0. The summed E-state index contributed by atoms with van der Waals surface area (Å²) in [5.74, 6) is 0. The Morgan fingerprint density at radius 1 is 1.71 bits per heavy atom. The monoisotopic (exact) mass is 100 g/mol. The molecule has 0 unspecified atom stereocenters. The van der Waals surface area contributed by atoms with Gasteiger partial charge < -0.3 is 4.42 Å². The van der Waals surface area contributed by atoms with Crippen molar-refractivity contribution in [2.45, 2.75) is 0 Å². The molecule has 3 nitrogen and oxygen atoms in total. The van der Waals surface area contributed by atoms with Gasteiger partial charge in [-0.15, -0.1) is 0 Å². The molecular formula is C4H6NO2+. The summed E-state index contributed by atoms with van der Waals surface area (Å²) in [6.45, 7) is 0. The van der Waals surface area contributed by atoms with Crippen LogP contribution in [0.2, 0.25) is 0 Å². The van der Waals surface area contributed by atoms with E-state index in [2.05, 4.69) is 9.25 Å². The molecule has 0 radical (unpaired) electrons. The largest absolute Gasteiger partial charge is 0.409 e. The molecule has 1 heterocycles. The minimum absolute atomic E-state index is 1.46. The predicted octanol–water partition coefficient (Wildman–Crippen LogP) is -0.375. The van der Waals surface area contributed by atoms with Gasteiger partial charge in [0.05, 0.1) is 0 Å². The lowest BCUT2D eigenvalue weighted by Gasteiger charge is -1.75. The molecule has 0 fully saturated rings. The van der Waals surface area contributed by atoms with Gasteiger partial charge in [0.15, 0.2) is 6.26 Å². The average Bonchev–Trinajstić information content (AvgIpc) is 2.14. The second-order valence-electron chi connectivity index (χ2n) is 1.07. The van der Waals surface area contributed by atoms with E-state index >= 15 is 0 Å². The summed E-state index contributed by atoms with van der Waals surface area (Å²) in [4.78, 5) is 4.68. The molecule has 38 valence electrons. The highest BCUT2D eigenvalue weighted by atomic mass is 16.7. The van der Waals surface area contributed by atoms with Gasteiger partial charge in [-0.3, -0.25) is 4.84 Å². The van der Waals surface area contributed by atoms with Gasteiger partial charge in [0, 0.05) is 4.73 Å². The smallest absolute Gasteiger partial charge is 0.384 e. The van der Waals surface area contributed by atoms with Gasteiger partial charge in [-0.1, -0.05) is 0 Å². The van der Waals surface area contributed by atoms with E-state index in [0.717, 1.165) is 0 Å². The molecule has 0 aliphatic heterocycles. The highest BCUT2D eigenvalue weighted by molar-refractivity contribution is 4.44. The van der Waals surface area contributed by atoms with Gasteiger partial charge in [-0.05, 0) is 0 Å². The first kappa shape index (κ1) is 4.18. The standard InChI is InChI=1S/C4H6NO2/c1-6-5-2-3-7-4-5/h2-4H,1H3/q+1. The molecule has 0 saturated carbocycles. The molecule has 1 aromatic heterocycles. The lowest BCUT2D eigenvalue weighted by Crippen LogP contribution is -2.37. The fourth-order valence-corrected chi connectivity index (χ4v) is 0.329. The van der Waals surface area contributed by atoms with E-state index in [-0.39, 0.29) is 0 Å². The minimum Gasteiger partial charge on any atom is -0.409 e. The SMILES string of the molecule is CO[n+]1ccoc1. The van der Waals surface area contributed by atoms with Crippen LogP contribution in [0.25, 0.3) is 0 Å². The van der Waals surface area contributed by atoms with E-state index in [1.807, 2.05) is 0 Å². The Labute approximate surface area is 41.1 Å². The Morgan fingerprint density at radius 2 is 2.57 bits per heavy atom. The first-order valence-corrected chi connectivity index (χ1v) is 1.91. The molecule has 3 heteroatoms. The second kappa shape index (κ2) is 1.64. The Hall–Kier alpha value is -0.990. The summed E-state index contributed by atoms with van der Waals surface area (Å²) < 4.78 is 6.10. The summed E-state index contributed by atoms with van der Waals surface area (Å²) in [5, 5.41) is 0. The van der Waals surface area contributed by atoms with E-state index < -0.39 is 0 Å². The van der Waals surface area contributed by atoms with Crippen LogP contribution in [0.3, 0.4) is 0 Å². The van der Waals surface area contributed by atoms with Crippen LogP contribution in [0, 0.1) is 0 Å². The van der Waals surface area contributed by atoms with Crippen molar-refractivity contribution in [3.63, 3.8) is 0 Å². The van der Waals surface area contributed by atoms with Crippen LogP contribution in [0.5, 0.6) is 0 Å². The molecule has 0 saturated heterocycles. The molecule has 1 aromatic rings. The van der Waals surface area contributed by atoms with E-state index in [0.29, 0.717) is 0 Å². The average molecular weight is 100 g/mol. The molecule has 0 atom stereocenters. The summed E-state index contributed by atoms with van der Waals surface area (Å²) in [6.07, 6.45) is 4.66. The van der Waals surface area contributed by atoms with E-state index in [4.69, 9.17) is 0 Å². The first-order chi connectivity index (χ1) is 3.43. The zero-order valence-electron chi connectivity index (χ0n) is 4.00. The third-order valence-corrected chi connectivity index (χ3v) is 0.662. The topological polar surface area (TPSA) is 26.2 Å². The van der Waals surface area contributed by atoms with Gasteiger partial charge in [-0.25, -0.2) is 0 Å². The first-order valence-electron chi connectivity index (χ1n) is 1.91. The van der Waals surface area contributed by atoms with Crippen LogP contribution in [-0.4, -0.2) is 7.11 Å². The molecule has 0 aliphatic carbocycles. The second-order valence-corrected chi connectivity index (χ2v) is 1.07. The molecule has 0 spiro atoms. The quantitative estimate of drug-likeness (QED) is 0.450. The Bertz CT molecular complexity index is 124. The number of rotatable bonds is 1. The minimum atomic E-state index is 1.46. The highest BCUT2D eigenvalue weighted by Gasteiger charge is 1.93. The van der Waals surface area contributed by atoms with Gasteiger partial charge in [0.25, 0.3) is 6.20 Å². The molecule has 0 amide bonds. The van der Waals surface area contributed by atoms with Crippen molar-refractivity contribution in [2.24, 2.45) is 0 Å². The van der Waals surface area contributed by atoms with Crippen LogP contribution in [0.4, 0.5) is 0 Å². The molecule has 7 heavy (non-hydrogen) atoms. The van der Waals surface area contributed by atoms with Crippen LogP contribution in [-0.2, 0) is 0 Å². The zero-order valence-corrected chi connectivity index (χ0v) is 4.00. The van der Waals surface area contributed by atoms with E-state index in [1.165, 1.54) is 17.4 Å². The molecular weight excluding hydrogens is 94.0 g/mol. The van der Waals surface area contributed by atoms with Crippen molar-refractivity contribution in [1.82, 2.24) is 0 Å². The van der Waals surface area contributed by atoms with Gasteiger partial charge in [-0.2, -0.15) is 0 Å². The van der Waals surface area contributed by atoms with Crippen molar-refractivity contribution in [3.8, 4) is 0 Å². The number of oxazole rings is 1. The maximum absolute atomic E-state index is 4.68. The fourth-order valence-electron chi connectivity index (χ4n) is 0.329. The molecule has 0 aliphatic rings. The number of nitrogens with zero attached hydrogens (tertiary/aromatic N) is 1. The van der Waals surface area contributed by atoms with Crippen molar-refractivity contribution >= 4 is 0 Å². The Morgan fingerprint density at radius 3 is 2.86 bits per heavy atom. The number of hydrogen-bond acceptors (Lipinski definition) is 2. The van der Waals surface area contributed by atoms with Gasteiger partial charge in [0.2, 0.25) is 0 Å². The summed E-state index contributed by atoms with van der Waals surface area (Å²) >= 11 is 0. The molecule has 0 bridgehead atoms. The van der Waals surface area contributed by atoms with Crippen LogP contribution in [0.1, 0.15) is 0 Å². The third-order valence-electron chi connectivity index (χ3n) is 0.662. The fraction of sp³-hybridized carbons (Fsp3) is 0.250. The molecule has 0 aromatic carbocycles. The van der Waals surface area contributed by atoms with Gasteiger partial charge in [0.1, 0.15) is 7.11 Å². The van der Waals surface area contributed by atoms with Crippen molar-refractivity contribution in [1.29, 1.82) is 0 Å². The number of aromatic nitrogens is 1. The van der Waals surface area contributed by atoms with Gasteiger partial charge >= 0.3 is 6.39 Å². The normalized spacial score (nSPS) is 8.71. The maximum Gasteiger partial charge on any atom is 0.384 e. The van der Waals surface area contributed by atoms with Crippen LogP contribution in [0.15, 0.2) is 23.3 Å². The zero-order chi connectivity index (χ0) is 5.11. The summed E-state index contributed by atoms with van der Waals surface area (Å²) in [5.41, 5.74) is 0. The van der Waals surface area contributed by atoms with E-state index in [1.54, 1.807) is 13.3 Å². The molecule has 1 rings (SSSR count). The third kappa shape index (κ3) is 0.707. The molecule has 0 N–H and O–H groups in total. The lowest BCUT2D eigenvalue weighted by molar-refractivity contribution is -0.887. The van der Waals surface area contributed by atoms with E-state index in [9.17, 15) is 0 Å². The summed E-state index contributed by atoms with van der Waals surface area (Å²) in [7, 11) is 1.56. The maximum atomic E-state index is 4.68. The highest BCUT2D eigenvalue weighted by Crippen LogP contribution is 1.70. The Kier molecular flexibility index (Phi) is 0.978. The van der Waals surface area contributed by atoms with Crippen molar-refractivity contribution in [2.75, 3.05) is 7.11 Å². The van der Waals surface area contributed by atoms with Crippen LogP contribution < -0.4 is 9.57 Å². The van der Waals surface area contributed by atoms with Crippen molar-refractivity contribution < 1.29 is 14.0 Å². The Balaban J connectivity index is 2.76. The number of hydrogen-bond donors (Lipinski definition) is 0. The van der Waals surface area contributed by atoms with Crippen molar-refractivity contribution in [3.05, 3.63) is 18.9 Å².